The van der Waals surface area contributed by atoms with Crippen molar-refractivity contribution < 1.29 is 19.2 Å². The van der Waals surface area contributed by atoms with Gasteiger partial charge in [0.15, 0.2) is 0 Å². The number of para-hydroxylation sites is 1. The van der Waals surface area contributed by atoms with Crippen LogP contribution in [0, 0.1) is 0 Å². The molecule has 2 heterocycles. The predicted octanol–water partition coefficient (Wildman–Crippen LogP) is 3.16. The number of thioether (sulfide) groups is 1. The third-order valence-corrected chi connectivity index (χ3v) is 7.49. The minimum absolute atomic E-state index is 0.171. The fourth-order valence-corrected chi connectivity index (χ4v) is 5.34. The molecule has 210 valence electrons. The monoisotopic (exact) mass is 562 g/mol. The van der Waals surface area contributed by atoms with Crippen molar-refractivity contribution in [2.24, 2.45) is 5.73 Å². The number of aromatic amines is 1. The number of benzene rings is 2. The van der Waals surface area contributed by atoms with E-state index in [9.17, 15) is 19.2 Å². The Morgan fingerprint density at radius 3 is 2.65 bits per heavy atom. The van der Waals surface area contributed by atoms with Crippen molar-refractivity contribution in [3.8, 4) is 0 Å². The Balaban J connectivity index is 1.53. The summed E-state index contributed by atoms with van der Waals surface area (Å²) in [5.41, 5.74) is 8.80. The normalized spacial score (nSPS) is 17.2. The number of nitrogens with zero attached hydrogens (tertiary/aromatic N) is 1. The summed E-state index contributed by atoms with van der Waals surface area (Å²) in [6.45, 7) is 3.84. The molecule has 0 saturated carbocycles. The molecule has 0 unspecified atom stereocenters. The van der Waals surface area contributed by atoms with Crippen LogP contribution >= 0.6 is 11.8 Å². The molecule has 0 bridgehead atoms. The first-order valence-corrected chi connectivity index (χ1v) is 14.2. The van der Waals surface area contributed by atoms with Crippen molar-refractivity contribution in [2.75, 3.05) is 18.1 Å². The smallest absolute Gasteiger partial charge is 0.319 e. The van der Waals surface area contributed by atoms with Gasteiger partial charge in [0.1, 0.15) is 12.1 Å². The minimum atomic E-state index is -1.03. The number of carbonyl (C=O) groups is 4. The molecule has 11 heteroatoms. The third kappa shape index (κ3) is 6.84. The molecule has 2 aromatic carbocycles. The van der Waals surface area contributed by atoms with Crippen LogP contribution in [0.5, 0.6) is 0 Å². The van der Waals surface area contributed by atoms with Gasteiger partial charge in [-0.2, -0.15) is 0 Å². The summed E-state index contributed by atoms with van der Waals surface area (Å²) in [7, 11) is 0. The molecule has 10 nitrogen and oxygen atoms in total. The molecular weight excluding hydrogens is 528 g/mol. The number of amides is 5. The zero-order chi connectivity index (χ0) is 28.8. The molecular formula is C29H34N6O4S. The predicted molar refractivity (Wildman–Crippen MR) is 157 cm³/mol. The molecule has 1 aliphatic heterocycles. The van der Waals surface area contributed by atoms with Gasteiger partial charge in [0.05, 0.1) is 6.04 Å². The average Bonchev–Trinajstić information content (AvgIpc) is 3.52. The zero-order valence-corrected chi connectivity index (χ0v) is 23.5. The number of allylic oxidation sites excluding steroid dienone is 1. The number of primary amides is 1. The maximum Gasteiger partial charge on any atom is 0.319 e. The van der Waals surface area contributed by atoms with Crippen molar-refractivity contribution in [1.82, 2.24) is 20.5 Å². The molecule has 40 heavy (non-hydrogen) atoms. The molecule has 1 aromatic heterocycles. The fourth-order valence-electron chi connectivity index (χ4n) is 4.88. The Hall–Kier alpha value is -4.25. The zero-order valence-electron chi connectivity index (χ0n) is 22.7. The molecule has 0 radical (unpaired) electrons. The van der Waals surface area contributed by atoms with Crippen LogP contribution in [0.3, 0.4) is 0 Å². The molecule has 0 aliphatic carbocycles. The highest BCUT2D eigenvalue weighted by Crippen LogP contribution is 2.23. The Morgan fingerprint density at radius 2 is 1.93 bits per heavy atom. The Morgan fingerprint density at radius 1 is 1.15 bits per heavy atom. The summed E-state index contributed by atoms with van der Waals surface area (Å²) in [5.74, 6) is -1.61. The number of urea groups is 1. The van der Waals surface area contributed by atoms with Crippen LogP contribution < -0.4 is 21.7 Å². The van der Waals surface area contributed by atoms with Crippen molar-refractivity contribution in [1.29, 1.82) is 0 Å². The standard InChI is InChI=1S/C29H34N6O4S/c1-17(2)13-25(36)35-12-11-23(34-29(39)32-19-7-6-8-20(15-19)40-3)26(35)28(38)33-24(27(30)37)14-18-16-31-22-10-5-4-9-21(18)22/h4-10,13,15-16,23-24,26,31H,11-12,14H2,1-3H3,(H2,30,37)(H,33,38)(H2,32,34,39)/t23-,24+,26-/m0/s1. The van der Waals surface area contributed by atoms with E-state index in [1.807, 2.05) is 48.7 Å². The van der Waals surface area contributed by atoms with Crippen LogP contribution in [0.25, 0.3) is 10.9 Å². The van der Waals surface area contributed by atoms with Gasteiger partial charge in [-0.05, 0) is 56.4 Å². The molecule has 3 atom stereocenters. The second-order valence-corrected chi connectivity index (χ2v) is 10.8. The quantitative estimate of drug-likeness (QED) is 0.201. The number of fused-ring (bicyclic) bond motifs is 1. The fraction of sp³-hybridized carbons (Fsp3) is 0.310. The number of H-pyrrole nitrogens is 1. The lowest BCUT2D eigenvalue weighted by Gasteiger charge is -2.28. The Bertz CT molecular complexity index is 1450. The maximum absolute atomic E-state index is 13.7. The number of rotatable bonds is 9. The van der Waals surface area contributed by atoms with E-state index in [1.54, 1.807) is 37.9 Å². The number of nitrogens with two attached hydrogens (primary N) is 1. The van der Waals surface area contributed by atoms with Gasteiger partial charge >= 0.3 is 6.03 Å². The van der Waals surface area contributed by atoms with Crippen molar-refractivity contribution in [3.05, 3.63) is 71.9 Å². The van der Waals surface area contributed by atoms with Crippen molar-refractivity contribution in [2.45, 2.75) is 49.7 Å². The van der Waals surface area contributed by atoms with Gasteiger partial charge < -0.3 is 31.6 Å². The van der Waals surface area contributed by atoms with E-state index in [4.69, 9.17) is 5.73 Å². The summed E-state index contributed by atoms with van der Waals surface area (Å²) in [6.07, 6.45) is 5.71. The molecule has 1 saturated heterocycles. The lowest BCUT2D eigenvalue weighted by molar-refractivity contribution is -0.137. The first-order chi connectivity index (χ1) is 19.2. The first kappa shape index (κ1) is 28.8. The molecule has 3 aromatic rings. The highest BCUT2D eigenvalue weighted by Gasteiger charge is 2.43. The largest absolute Gasteiger partial charge is 0.368 e. The summed E-state index contributed by atoms with van der Waals surface area (Å²) >= 11 is 1.55. The number of nitrogens with one attached hydrogen (secondary N) is 4. The number of carbonyl (C=O) groups excluding carboxylic acids is 4. The van der Waals surface area contributed by atoms with E-state index >= 15 is 0 Å². The number of hydrogen-bond donors (Lipinski definition) is 5. The highest BCUT2D eigenvalue weighted by atomic mass is 32.2. The number of likely N-dealkylation sites (tertiary alicyclic amines) is 1. The van der Waals surface area contributed by atoms with Crippen LogP contribution in [-0.4, -0.2) is 64.6 Å². The molecule has 1 aliphatic rings. The molecule has 4 rings (SSSR count). The van der Waals surface area contributed by atoms with Gasteiger partial charge in [0, 0.05) is 46.7 Å². The lowest BCUT2D eigenvalue weighted by Crippen LogP contribution is -2.58. The van der Waals surface area contributed by atoms with Crippen LogP contribution in [0.15, 0.2) is 71.3 Å². The summed E-state index contributed by atoms with van der Waals surface area (Å²) in [4.78, 5) is 57.6. The van der Waals surface area contributed by atoms with Crippen molar-refractivity contribution >= 4 is 52.1 Å². The van der Waals surface area contributed by atoms with Gasteiger partial charge in [0.25, 0.3) is 0 Å². The summed E-state index contributed by atoms with van der Waals surface area (Å²) in [5, 5.41) is 9.32. The number of anilines is 1. The first-order valence-electron chi connectivity index (χ1n) is 13.0. The van der Waals surface area contributed by atoms with Gasteiger partial charge in [-0.25, -0.2) is 4.79 Å². The molecule has 0 spiro atoms. The van der Waals surface area contributed by atoms with Crippen molar-refractivity contribution in [3.63, 3.8) is 0 Å². The maximum atomic E-state index is 13.7. The Kier molecular flexibility index (Phi) is 9.15. The summed E-state index contributed by atoms with van der Waals surface area (Å²) < 4.78 is 0. The molecule has 6 N–H and O–H groups in total. The van der Waals surface area contributed by atoms with Gasteiger partial charge in [-0.3, -0.25) is 14.4 Å². The second kappa shape index (κ2) is 12.7. The topological polar surface area (TPSA) is 149 Å². The number of hydrogen-bond acceptors (Lipinski definition) is 5. The average molecular weight is 563 g/mol. The van der Waals surface area contributed by atoms with E-state index in [0.29, 0.717) is 12.1 Å². The second-order valence-electron chi connectivity index (χ2n) is 9.95. The van der Waals surface area contributed by atoms with Crippen LogP contribution in [0.1, 0.15) is 25.8 Å². The van der Waals surface area contributed by atoms with Crippen LogP contribution in [-0.2, 0) is 20.8 Å². The third-order valence-electron chi connectivity index (χ3n) is 6.76. The number of aromatic nitrogens is 1. The van der Waals surface area contributed by atoms with E-state index in [-0.39, 0.29) is 18.9 Å². The Labute approximate surface area is 237 Å². The van der Waals surface area contributed by atoms with E-state index in [0.717, 1.165) is 26.9 Å². The van der Waals surface area contributed by atoms with E-state index < -0.39 is 36.0 Å². The van der Waals surface area contributed by atoms with Gasteiger partial charge in [-0.1, -0.05) is 29.8 Å². The van der Waals surface area contributed by atoms with Crippen LogP contribution in [0.4, 0.5) is 10.5 Å². The molecule has 5 amide bonds. The lowest BCUT2D eigenvalue weighted by atomic mass is 10.0. The van der Waals surface area contributed by atoms with Gasteiger partial charge in [-0.15, -0.1) is 11.8 Å². The minimum Gasteiger partial charge on any atom is -0.368 e. The van der Waals surface area contributed by atoms with Gasteiger partial charge in [0.2, 0.25) is 17.7 Å². The SMILES string of the molecule is CSc1cccc(NC(=O)N[C@H]2CCN(C(=O)C=C(C)C)[C@@H]2C(=O)N[C@H](Cc2c[nH]c3ccccc23)C(N)=O)c1. The van der Waals surface area contributed by atoms with E-state index in [1.165, 1.54) is 11.0 Å². The molecule has 1 fully saturated rings. The van der Waals surface area contributed by atoms with E-state index in [2.05, 4.69) is 20.9 Å². The summed E-state index contributed by atoms with van der Waals surface area (Å²) in [6, 6.07) is 11.8. The van der Waals surface area contributed by atoms with Crippen LogP contribution in [0.2, 0.25) is 0 Å². The highest BCUT2D eigenvalue weighted by molar-refractivity contribution is 7.98.